The number of pyridine rings is 1. The highest BCUT2D eigenvalue weighted by molar-refractivity contribution is 5.39. The van der Waals surface area contributed by atoms with Crippen molar-refractivity contribution in [3.8, 4) is 11.6 Å². The van der Waals surface area contributed by atoms with E-state index in [-0.39, 0.29) is 0 Å². The Morgan fingerprint density at radius 3 is 2.69 bits per heavy atom. The van der Waals surface area contributed by atoms with Crippen molar-refractivity contribution in [1.29, 1.82) is 0 Å². The van der Waals surface area contributed by atoms with Crippen LogP contribution in [0.15, 0.2) is 42.5 Å². The standard InChI is InChI=1S/C12H13N3O/c1-9-5-2-3-6-10(9)16-12-8-4-7-11(14-12)15-13/h2-8H,13H2,1H3,(H,14,15). The second-order valence-corrected chi connectivity index (χ2v) is 3.37. The fourth-order valence-electron chi connectivity index (χ4n) is 1.34. The molecule has 1 aromatic carbocycles. The van der Waals surface area contributed by atoms with Gasteiger partial charge in [-0.3, -0.25) is 0 Å². The number of para-hydroxylation sites is 1. The van der Waals surface area contributed by atoms with E-state index in [1.807, 2.05) is 37.3 Å². The molecule has 0 bridgehead atoms. The third-order valence-electron chi connectivity index (χ3n) is 2.18. The van der Waals surface area contributed by atoms with Gasteiger partial charge in [0.2, 0.25) is 5.88 Å². The largest absolute Gasteiger partial charge is 0.439 e. The quantitative estimate of drug-likeness (QED) is 0.610. The normalized spacial score (nSPS) is 9.88. The second kappa shape index (κ2) is 4.63. The highest BCUT2D eigenvalue weighted by Crippen LogP contribution is 2.23. The predicted octanol–water partition coefficient (Wildman–Crippen LogP) is 2.47. The van der Waals surface area contributed by atoms with Gasteiger partial charge in [0.25, 0.3) is 0 Å². The first kappa shape index (κ1) is 10.4. The van der Waals surface area contributed by atoms with Gasteiger partial charge in [0, 0.05) is 6.07 Å². The van der Waals surface area contributed by atoms with Crippen LogP contribution < -0.4 is 16.0 Å². The summed E-state index contributed by atoms with van der Waals surface area (Å²) in [4.78, 5) is 4.17. The van der Waals surface area contributed by atoms with E-state index in [1.54, 1.807) is 12.1 Å². The van der Waals surface area contributed by atoms with Gasteiger partial charge in [0.05, 0.1) is 0 Å². The molecule has 0 saturated heterocycles. The first-order valence-electron chi connectivity index (χ1n) is 4.97. The van der Waals surface area contributed by atoms with Gasteiger partial charge in [-0.15, -0.1) is 0 Å². The molecule has 0 aliphatic heterocycles. The molecule has 0 spiro atoms. The van der Waals surface area contributed by atoms with Crippen LogP contribution >= 0.6 is 0 Å². The minimum Gasteiger partial charge on any atom is -0.439 e. The Morgan fingerprint density at radius 2 is 1.94 bits per heavy atom. The molecule has 3 N–H and O–H groups in total. The smallest absolute Gasteiger partial charge is 0.221 e. The van der Waals surface area contributed by atoms with Crippen LogP contribution in [0.4, 0.5) is 5.82 Å². The van der Waals surface area contributed by atoms with Gasteiger partial charge in [-0.25, -0.2) is 5.84 Å². The highest BCUT2D eigenvalue weighted by atomic mass is 16.5. The number of hydrogen-bond donors (Lipinski definition) is 2. The summed E-state index contributed by atoms with van der Waals surface area (Å²) in [5, 5.41) is 0. The number of hydrazine groups is 1. The molecule has 0 fully saturated rings. The van der Waals surface area contributed by atoms with E-state index < -0.39 is 0 Å². The van der Waals surface area contributed by atoms with Crippen LogP contribution in [0.1, 0.15) is 5.56 Å². The summed E-state index contributed by atoms with van der Waals surface area (Å²) in [5.41, 5.74) is 3.54. The van der Waals surface area contributed by atoms with Crippen molar-refractivity contribution in [3.05, 3.63) is 48.0 Å². The fourth-order valence-corrected chi connectivity index (χ4v) is 1.34. The minimum absolute atomic E-state index is 0.518. The van der Waals surface area contributed by atoms with Crippen LogP contribution in [-0.2, 0) is 0 Å². The average molecular weight is 215 g/mol. The molecule has 2 rings (SSSR count). The molecule has 82 valence electrons. The van der Waals surface area contributed by atoms with Crippen molar-refractivity contribution in [3.63, 3.8) is 0 Å². The summed E-state index contributed by atoms with van der Waals surface area (Å²) >= 11 is 0. The van der Waals surface area contributed by atoms with E-state index >= 15 is 0 Å². The lowest BCUT2D eigenvalue weighted by Crippen LogP contribution is -2.08. The third-order valence-corrected chi connectivity index (χ3v) is 2.18. The zero-order valence-electron chi connectivity index (χ0n) is 8.97. The summed E-state index contributed by atoms with van der Waals surface area (Å²) < 4.78 is 5.64. The van der Waals surface area contributed by atoms with Crippen molar-refractivity contribution in [2.45, 2.75) is 6.92 Å². The maximum Gasteiger partial charge on any atom is 0.221 e. The number of hydrogen-bond acceptors (Lipinski definition) is 4. The number of ether oxygens (including phenoxy) is 1. The van der Waals surface area contributed by atoms with Crippen LogP contribution in [0.2, 0.25) is 0 Å². The molecule has 16 heavy (non-hydrogen) atoms. The summed E-state index contributed by atoms with van der Waals surface area (Å²) in [5.74, 6) is 7.16. The fraction of sp³-hybridized carbons (Fsp3) is 0.0833. The molecular weight excluding hydrogens is 202 g/mol. The van der Waals surface area contributed by atoms with Crippen LogP contribution in [0.5, 0.6) is 11.6 Å². The van der Waals surface area contributed by atoms with Gasteiger partial charge in [-0.1, -0.05) is 24.3 Å². The lowest BCUT2D eigenvalue weighted by Gasteiger charge is -2.08. The Morgan fingerprint density at radius 1 is 1.12 bits per heavy atom. The molecule has 2 aromatic rings. The molecule has 0 aliphatic rings. The molecule has 4 heteroatoms. The van der Waals surface area contributed by atoms with E-state index in [4.69, 9.17) is 10.6 Å². The lowest BCUT2D eigenvalue weighted by atomic mass is 10.2. The number of anilines is 1. The third kappa shape index (κ3) is 2.29. The number of nitrogens with one attached hydrogen (secondary N) is 1. The van der Waals surface area contributed by atoms with Crippen molar-refractivity contribution >= 4 is 5.82 Å². The Bertz CT molecular complexity index is 485. The van der Waals surface area contributed by atoms with Crippen molar-refractivity contribution in [1.82, 2.24) is 4.98 Å². The Hall–Kier alpha value is -2.07. The molecular formula is C12H13N3O. The molecule has 0 amide bonds. The Balaban J connectivity index is 2.24. The zero-order valence-corrected chi connectivity index (χ0v) is 8.97. The summed E-state index contributed by atoms with van der Waals surface area (Å²) in [6.45, 7) is 1.99. The monoisotopic (exact) mass is 215 g/mol. The van der Waals surface area contributed by atoms with Crippen molar-refractivity contribution < 1.29 is 4.74 Å². The lowest BCUT2D eigenvalue weighted by molar-refractivity contribution is 0.460. The summed E-state index contributed by atoms with van der Waals surface area (Å²) in [7, 11) is 0. The van der Waals surface area contributed by atoms with Crippen molar-refractivity contribution in [2.24, 2.45) is 5.84 Å². The molecule has 4 nitrogen and oxygen atoms in total. The number of rotatable bonds is 3. The van der Waals surface area contributed by atoms with Gasteiger partial charge in [0.15, 0.2) is 0 Å². The minimum atomic E-state index is 0.518. The Kier molecular flexibility index (Phi) is 3.03. The number of aromatic nitrogens is 1. The number of nitrogens with two attached hydrogens (primary N) is 1. The molecule has 0 aliphatic carbocycles. The van der Waals surface area contributed by atoms with E-state index in [1.165, 1.54) is 0 Å². The van der Waals surface area contributed by atoms with Gasteiger partial charge < -0.3 is 10.2 Å². The SMILES string of the molecule is Cc1ccccc1Oc1cccc(NN)n1. The van der Waals surface area contributed by atoms with Crippen molar-refractivity contribution in [2.75, 3.05) is 5.43 Å². The maximum absolute atomic E-state index is 5.64. The molecule has 1 aromatic heterocycles. The first-order chi connectivity index (χ1) is 7.79. The first-order valence-corrected chi connectivity index (χ1v) is 4.97. The Labute approximate surface area is 94.0 Å². The number of aryl methyl sites for hydroxylation is 1. The summed E-state index contributed by atoms with van der Waals surface area (Å²) in [6.07, 6.45) is 0. The summed E-state index contributed by atoms with van der Waals surface area (Å²) in [6, 6.07) is 13.2. The number of benzene rings is 1. The topological polar surface area (TPSA) is 60.2 Å². The van der Waals surface area contributed by atoms with E-state index in [9.17, 15) is 0 Å². The van der Waals surface area contributed by atoms with Crippen LogP contribution in [0, 0.1) is 6.92 Å². The van der Waals surface area contributed by atoms with E-state index in [2.05, 4.69) is 10.4 Å². The predicted molar refractivity (Wildman–Crippen MR) is 63.3 cm³/mol. The van der Waals surface area contributed by atoms with Crippen LogP contribution in [0.25, 0.3) is 0 Å². The second-order valence-electron chi connectivity index (χ2n) is 3.37. The van der Waals surface area contributed by atoms with Crippen LogP contribution in [-0.4, -0.2) is 4.98 Å². The van der Waals surface area contributed by atoms with Crippen LogP contribution in [0.3, 0.4) is 0 Å². The zero-order chi connectivity index (χ0) is 11.4. The molecule has 0 radical (unpaired) electrons. The number of nitrogen functional groups attached to an aromatic ring is 1. The molecule has 0 atom stereocenters. The van der Waals surface area contributed by atoms with E-state index in [0.717, 1.165) is 11.3 Å². The van der Waals surface area contributed by atoms with Gasteiger partial charge in [0.1, 0.15) is 11.6 Å². The highest BCUT2D eigenvalue weighted by Gasteiger charge is 2.01. The molecule has 0 saturated carbocycles. The molecule has 0 unspecified atom stereocenters. The van der Waals surface area contributed by atoms with Gasteiger partial charge in [-0.05, 0) is 24.6 Å². The number of nitrogens with zero attached hydrogens (tertiary/aromatic N) is 1. The maximum atomic E-state index is 5.64. The average Bonchev–Trinajstić information content (AvgIpc) is 2.32. The molecule has 1 heterocycles. The van der Waals surface area contributed by atoms with E-state index in [0.29, 0.717) is 11.7 Å². The van der Waals surface area contributed by atoms with Gasteiger partial charge >= 0.3 is 0 Å². The van der Waals surface area contributed by atoms with Gasteiger partial charge in [-0.2, -0.15) is 4.98 Å².